The molecule has 0 aromatic heterocycles. The van der Waals surface area contributed by atoms with Crippen molar-refractivity contribution in [3.8, 4) is 0 Å². The van der Waals surface area contributed by atoms with E-state index in [9.17, 15) is 14.4 Å². The number of likely N-dealkylation sites (N-methyl/N-ethyl adjacent to an activating group) is 1. The molecule has 0 N–H and O–H groups in total. The summed E-state index contributed by atoms with van der Waals surface area (Å²) in [6.07, 6.45) is 0. The van der Waals surface area contributed by atoms with E-state index in [1.54, 1.807) is 7.05 Å². The summed E-state index contributed by atoms with van der Waals surface area (Å²) < 4.78 is 6.11. The number of rotatable bonds is 2. The number of carbonyl (C=O) groups excluding carboxylic acids is 3. The lowest BCUT2D eigenvalue weighted by Crippen LogP contribution is -2.45. The van der Waals surface area contributed by atoms with E-state index >= 15 is 0 Å². The van der Waals surface area contributed by atoms with Crippen LogP contribution in [0, 0.1) is 0 Å². The van der Waals surface area contributed by atoms with E-state index < -0.39 is 5.91 Å². The molecule has 0 saturated carbocycles. The fraction of sp³-hybridized carbons (Fsp3) is 0.353. The maximum Gasteiger partial charge on any atom is 0.294 e. The molecule has 0 bridgehead atoms. The van der Waals surface area contributed by atoms with E-state index in [0.29, 0.717) is 37.4 Å². The number of carbonyl (C=O) groups is 3. The third-order valence-corrected chi connectivity index (χ3v) is 6.10. The van der Waals surface area contributed by atoms with Gasteiger partial charge in [-0.05, 0) is 30.0 Å². The van der Waals surface area contributed by atoms with Crippen molar-refractivity contribution in [2.45, 2.75) is 0 Å². The zero-order valence-corrected chi connectivity index (χ0v) is 16.4. The van der Waals surface area contributed by atoms with Gasteiger partial charge in [-0.2, -0.15) is 0 Å². The number of halogens is 1. The number of morpholine rings is 1. The number of benzene rings is 1. The van der Waals surface area contributed by atoms with Gasteiger partial charge in [-0.25, -0.2) is 0 Å². The topological polar surface area (TPSA) is 70.2 Å². The highest BCUT2D eigenvalue weighted by Gasteiger charge is 2.43. The Kier molecular flexibility index (Phi) is 4.64. The van der Waals surface area contributed by atoms with Crippen molar-refractivity contribution in [3.05, 3.63) is 33.1 Å². The van der Waals surface area contributed by atoms with Crippen LogP contribution in [0.25, 0.3) is 5.57 Å². The molecule has 3 heterocycles. The molecule has 26 heavy (non-hydrogen) atoms. The molecule has 136 valence electrons. The fourth-order valence-corrected chi connectivity index (χ4v) is 4.51. The van der Waals surface area contributed by atoms with Crippen LogP contribution in [0.3, 0.4) is 0 Å². The van der Waals surface area contributed by atoms with E-state index in [2.05, 4.69) is 15.9 Å². The van der Waals surface area contributed by atoms with Crippen LogP contribution in [-0.2, 0) is 14.3 Å². The van der Waals surface area contributed by atoms with Gasteiger partial charge in [0, 0.05) is 30.2 Å². The molecule has 3 amide bonds. The van der Waals surface area contributed by atoms with E-state index in [-0.39, 0.29) is 22.7 Å². The number of hydrogen-bond donors (Lipinski definition) is 0. The Morgan fingerprint density at radius 1 is 1.15 bits per heavy atom. The predicted octanol–water partition coefficient (Wildman–Crippen LogP) is 2.12. The van der Waals surface area contributed by atoms with Crippen LogP contribution in [0.2, 0.25) is 0 Å². The Hall–Kier alpha value is -1.68. The minimum Gasteiger partial charge on any atom is -0.379 e. The first-order valence-electron chi connectivity index (χ1n) is 8.13. The number of hydrogen-bond acceptors (Lipinski definition) is 6. The van der Waals surface area contributed by atoms with E-state index in [1.165, 1.54) is 9.80 Å². The minimum absolute atomic E-state index is 0.206. The molecule has 0 spiro atoms. The van der Waals surface area contributed by atoms with Crippen molar-refractivity contribution in [2.75, 3.05) is 44.9 Å². The number of anilines is 1. The first-order valence-corrected chi connectivity index (χ1v) is 9.74. The second-order valence-electron chi connectivity index (χ2n) is 6.20. The number of imide groups is 1. The van der Waals surface area contributed by atoms with Crippen LogP contribution in [0.5, 0.6) is 0 Å². The van der Waals surface area contributed by atoms with E-state index in [4.69, 9.17) is 4.74 Å². The largest absolute Gasteiger partial charge is 0.379 e. The van der Waals surface area contributed by atoms with Gasteiger partial charge >= 0.3 is 0 Å². The lowest BCUT2D eigenvalue weighted by atomic mass is 10.1. The van der Waals surface area contributed by atoms with Crippen molar-refractivity contribution in [2.24, 2.45) is 0 Å². The summed E-state index contributed by atoms with van der Waals surface area (Å²) in [6, 6.07) is 5.47. The van der Waals surface area contributed by atoms with Gasteiger partial charge in [0.2, 0.25) is 0 Å². The molecule has 0 aliphatic carbocycles. The number of fused-ring (bicyclic) bond motifs is 1. The van der Waals surface area contributed by atoms with Crippen LogP contribution < -0.4 is 4.90 Å². The molecular formula is C17H16BrN3O4S. The Morgan fingerprint density at radius 3 is 2.62 bits per heavy atom. The van der Waals surface area contributed by atoms with Crippen molar-refractivity contribution >= 4 is 56.0 Å². The molecule has 2 fully saturated rings. The lowest BCUT2D eigenvalue weighted by molar-refractivity contribution is -0.125. The quantitative estimate of drug-likeness (QED) is 0.659. The summed E-state index contributed by atoms with van der Waals surface area (Å²) in [4.78, 5) is 43.0. The average molecular weight is 438 g/mol. The summed E-state index contributed by atoms with van der Waals surface area (Å²) in [7, 11) is 1.67. The highest BCUT2D eigenvalue weighted by Crippen LogP contribution is 2.44. The van der Waals surface area contributed by atoms with Crippen molar-refractivity contribution < 1.29 is 19.1 Å². The molecule has 4 rings (SSSR count). The SMILES string of the molecule is CN1C(=O)/C(=C2/SC(=O)N(CN3CCOCC3)C2=O)c2cc(Br)ccc21. The van der Waals surface area contributed by atoms with E-state index in [0.717, 1.165) is 21.9 Å². The molecule has 2 saturated heterocycles. The molecule has 3 aliphatic heterocycles. The van der Waals surface area contributed by atoms with Crippen molar-refractivity contribution in [1.29, 1.82) is 0 Å². The predicted molar refractivity (Wildman–Crippen MR) is 102 cm³/mol. The maximum absolute atomic E-state index is 12.9. The molecule has 7 nitrogen and oxygen atoms in total. The van der Waals surface area contributed by atoms with Crippen molar-refractivity contribution in [1.82, 2.24) is 9.80 Å². The smallest absolute Gasteiger partial charge is 0.294 e. The first-order chi connectivity index (χ1) is 12.5. The van der Waals surface area contributed by atoms with Gasteiger partial charge in [0.25, 0.3) is 17.1 Å². The highest BCUT2D eigenvalue weighted by molar-refractivity contribution is 9.10. The zero-order valence-electron chi connectivity index (χ0n) is 14.0. The molecule has 9 heteroatoms. The normalized spacial score (nSPS) is 24.0. The second-order valence-corrected chi connectivity index (χ2v) is 8.08. The first kappa shape index (κ1) is 17.7. The number of ether oxygens (including phenoxy) is 1. The molecule has 0 unspecified atom stereocenters. The Labute approximate surface area is 163 Å². The van der Waals surface area contributed by atoms with Crippen molar-refractivity contribution in [3.63, 3.8) is 0 Å². The maximum atomic E-state index is 12.9. The summed E-state index contributed by atoms with van der Waals surface area (Å²) >= 11 is 4.24. The lowest BCUT2D eigenvalue weighted by Gasteiger charge is -2.29. The van der Waals surface area contributed by atoms with Crippen LogP contribution >= 0.6 is 27.7 Å². The molecule has 1 aromatic carbocycles. The molecule has 3 aliphatic rings. The molecule has 0 radical (unpaired) electrons. The minimum atomic E-state index is -0.406. The molecule has 1 aromatic rings. The van der Waals surface area contributed by atoms with Gasteiger partial charge in [-0.1, -0.05) is 15.9 Å². The van der Waals surface area contributed by atoms with Gasteiger partial charge in [0.15, 0.2) is 0 Å². The molecular weight excluding hydrogens is 422 g/mol. The third kappa shape index (κ3) is 2.88. The monoisotopic (exact) mass is 437 g/mol. The third-order valence-electron chi connectivity index (χ3n) is 4.63. The number of amides is 3. The van der Waals surface area contributed by atoms with Crippen LogP contribution in [0.4, 0.5) is 10.5 Å². The van der Waals surface area contributed by atoms with Gasteiger partial charge in [0.05, 0.1) is 36.0 Å². The Balaban J connectivity index is 1.69. The van der Waals surface area contributed by atoms with Gasteiger partial charge in [-0.15, -0.1) is 0 Å². The Bertz CT molecular complexity index is 850. The zero-order chi connectivity index (χ0) is 18.4. The summed E-state index contributed by atoms with van der Waals surface area (Å²) in [5.74, 6) is -0.675. The fourth-order valence-electron chi connectivity index (χ4n) is 3.23. The van der Waals surface area contributed by atoms with Gasteiger partial charge in [-0.3, -0.25) is 24.2 Å². The highest BCUT2D eigenvalue weighted by atomic mass is 79.9. The average Bonchev–Trinajstić information content (AvgIpc) is 3.03. The van der Waals surface area contributed by atoms with Crippen LogP contribution in [0.1, 0.15) is 5.56 Å². The van der Waals surface area contributed by atoms with E-state index in [1.807, 2.05) is 23.1 Å². The second kappa shape index (κ2) is 6.80. The van der Waals surface area contributed by atoms with Crippen LogP contribution in [-0.4, -0.2) is 66.9 Å². The number of thioether (sulfide) groups is 1. The van der Waals surface area contributed by atoms with Gasteiger partial charge < -0.3 is 9.64 Å². The number of nitrogens with zero attached hydrogens (tertiary/aromatic N) is 3. The Morgan fingerprint density at radius 2 is 1.88 bits per heavy atom. The summed E-state index contributed by atoms with van der Waals surface area (Å²) in [6.45, 7) is 2.74. The van der Waals surface area contributed by atoms with Crippen LogP contribution in [0.15, 0.2) is 27.6 Å². The standard InChI is InChI=1S/C17H16BrN3O4S/c1-19-12-3-2-10(18)8-11(12)13(15(19)22)14-16(23)21(17(24)26-14)9-20-4-6-25-7-5-20/h2-3,8H,4-7,9H2,1H3/b14-13+. The van der Waals surface area contributed by atoms with Gasteiger partial charge in [0.1, 0.15) is 0 Å². The molecule has 0 atom stereocenters. The summed E-state index contributed by atoms with van der Waals surface area (Å²) in [5.41, 5.74) is 1.70. The summed E-state index contributed by atoms with van der Waals surface area (Å²) in [5, 5.41) is -0.345.